The number of hydrogen-bond donors (Lipinski definition) is 3. The number of anilines is 1. The zero-order valence-electron chi connectivity index (χ0n) is 15.6. The van der Waals surface area contributed by atoms with E-state index < -0.39 is 11.8 Å². The Morgan fingerprint density at radius 2 is 2.00 bits per heavy atom. The van der Waals surface area contributed by atoms with Gasteiger partial charge in [-0.15, -0.1) is 0 Å². The number of rotatable bonds is 6. The van der Waals surface area contributed by atoms with Crippen molar-refractivity contribution in [2.45, 2.75) is 25.9 Å². The minimum absolute atomic E-state index is 0.204. The highest BCUT2D eigenvalue weighted by Crippen LogP contribution is 2.25. The third-order valence-electron chi connectivity index (χ3n) is 4.52. The number of carbonyl (C=O) groups excluding carboxylic acids is 1. The molecule has 1 fully saturated rings. The van der Waals surface area contributed by atoms with Crippen molar-refractivity contribution in [3.05, 3.63) is 42.0 Å². The van der Waals surface area contributed by atoms with Crippen LogP contribution in [-0.2, 0) is 16.1 Å². The summed E-state index contributed by atoms with van der Waals surface area (Å²) in [6.07, 6.45) is 4.03. The number of nitrogens with one attached hydrogen (secondary N) is 1. The molecular formula is C19H21FN6O3. The smallest absolute Gasteiger partial charge is 0.313 e. The first kappa shape index (κ1) is 20.2. The number of nitrogens with two attached hydrogens (primary N) is 1. The van der Waals surface area contributed by atoms with Crippen LogP contribution in [0, 0.1) is 11.2 Å². The van der Waals surface area contributed by atoms with E-state index in [0.717, 1.165) is 5.71 Å². The fourth-order valence-corrected chi connectivity index (χ4v) is 2.97. The van der Waals surface area contributed by atoms with Gasteiger partial charge in [-0.2, -0.15) is 0 Å². The molecule has 1 saturated heterocycles. The van der Waals surface area contributed by atoms with Gasteiger partial charge in [-0.25, -0.2) is 14.4 Å². The maximum Gasteiger partial charge on any atom is 0.313 e. The van der Waals surface area contributed by atoms with E-state index in [1.165, 1.54) is 6.07 Å². The van der Waals surface area contributed by atoms with Crippen molar-refractivity contribution in [1.29, 1.82) is 5.41 Å². The monoisotopic (exact) mass is 400 g/mol. The predicted octanol–water partition coefficient (Wildman–Crippen LogP) is 2.08. The molecule has 1 aromatic heterocycles. The van der Waals surface area contributed by atoms with Gasteiger partial charge in [0, 0.05) is 55.0 Å². The Hall–Kier alpha value is -3.56. The molecule has 1 aliphatic rings. The molecule has 152 valence electrons. The molecule has 0 spiro atoms. The van der Waals surface area contributed by atoms with Gasteiger partial charge in [0.05, 0.1) is 5.71 Å². The standard InChI is InChI=1S/C19H21FN6O3/c20-18-12(11-29-17(27)8-16(21)22)2-1-3-15(18)13-9-23-19(24-10-13)26-6-4-14(25-28)5-7-26/h1-3,9-10,28H,4-8,11H2,(H3,21,22). The van der Waals surface area contributed by atoms with Crippen LogP contribution < -0.4 is 10.6 Å². The Balaban J connectivity index is 1.70. The van der Waals surface area contributed by atoms with Crippen LogP contribution in [-0.4, -0.2) is 45.8 Å². The maximum absolute atomic E-state index is 14.8. The van der Waals surface area contributed by atoms with Crippen molar-refractivity contribution < 1.29 is 19.1 Å². The summed E-state index contributed by atoms with van der Waals surface area (Å²) in [5, 5.41) is 19.1. The van der Waals surface area contributed by atoms with Gasteiger partial charge in [-0.3, -0.25) is 10.2 Å². The molecule has 4 N–H and O–H groups in total. The number of hydrogen-bond acceptors (Lipinski definition) is 8. The summed E-state index contributed by atoms with van der Waals surface area (Å²) in [5.74, 6) is -0.998. The second-order valence-electron chi connectivity index (χ2n) is 6.57. The minimum Gasteiger partial charge on any atom is -0.460 e. The maximum atomic E-state index is 14.8. The van der Waals surface area contributed by atoms with Crippen molar-refractivity contribution in [1.82, 2.24) is 9.97 Å². The van der Waals surface area contributed by atoms with E-state index in [1.54, 1.807) is 24.5 Å². The number of halogens is 1. The molecule has 2 heterocycles. The van der Waals surface area contributed by atoms with Gasteiger partial charge in [0.25, 0.3) is 0 Å². The summed E-state index contributed by atoms with van der Waals surface area (Å²) < 4.78 is 19.8. The SMILES string of the molecule is N=C(N)CC(=O)OCc1cccc(-c2cnc(N3CCC(=NO)CC3)nc2)c1F. The van der Waals surface area contributed by atoms with E-state index >= 15 is 0 Å². The molecule has 2 aromatic rings. The van der Waals surface area contributed by atoms with Crippen LogP contribution in [0.1, 0.15) is 24.8 Å². The summed E-state index contributed by atoms with van der Waals surface area (Å²) in [4.78, 5) is 22.1. The van der Waals surface area contributed by atoms with E-state index in [2.05, 4.69) is 15.1 Å². The Morgan fingerprint density at radius 3 is 2.62 bits per heavy atom. The summed E-state index contributed by atoms with van der Waals surface area (Å²) >= 11 is 0. The van der Waals surface area contributed by atoms with Gasteiger partial charge in [0.15, 0.2) is 0 Å². The van der Waals surface area contributed by atoms with Crippen LogP contribution in [0.2, 0.25) is 0 Å². The Kier molecular flexibility index (Phi) is 6.32. The molecule has 1 aromatic carbocycles. The molecule has 3 rings (SSSR count). The quantitative estimate of drug-likeness (QED) is 0.222. The first-order valence-corrected chi connectivity index (χ1v) is 9.01. The average Bonchev–Trinajstić information content (AvgIpc) is 2.73. The van der Waals surface area contributed by atoms with Gasteiger partial charge < -0.3 is 20.6 Å². The van der Waals surface area contributed by atoms with Crippen LogP contribution in [0.25, 0.3) is 11.1 Å². The van der Waals surface area contributed by atoms with Crippen LogP contribution in [0.5, 0.6) is 0 Å². The number of benzene rings is 1. The highest BCUT2D eigenvalue weighted by molar-refractivity contribution is 5.94. The number of amidine groups is 1. The van der Waals surface area contributed by atoms with Crippen LogP contribution in [0.4, 0.5) is 10.3 Å². The van der Waals surface area contributed by atoms with Gasteiger partial charge in [0.1, 0.15) is 24.7 Å². The number of piperidine rings is 1. The zero-order chi connectivity index (χ0) is 20.8. The Labute approximate surface area is 166 Å². The second-order valence-corrected chi connectivity index (χ2v) is 6.57. The highest BCUT2D eigenvalue weighted by atomic mass is 19.1. The lowest BCUT2D eigenvalue weighted by Gasteiger charge is -2.27. The topological polar surface area (TPSA) is 138 Å². The fourth-order valence-electron chi connectivity index (χ4n) is 2.97. The largest absolute Gasteiger partial charge is 0.460 e. The molecule has 0 saturated carbocycles. The predicted molar refractivity (Wildman–Crippen MR) is 104 cm³/mol. The van der Waals surface area contributed by atoms with E-state index in [0.29, 0.717) is 43.0 Å². The van der Waals surface area contributed by atoms with E-state index in [-0.39, 0.29) is 24.4 Å². The van der Waals surface area contributed by atoms with Gasteiger partial charge in [-0.1, -0.05) is 23.4 Å². The summed E-state index contributed by atoms with van der Waals surface area (Å²) in [7, 11) is 0. The van der Waals surface area contributed by atoms with Crippen molar-refractivity contribution in [3.63, 3.8) is 0 Å². The number of carbonyl (C=O) groups is 1. The molecule has 0 atom stereocenters. The Bertz CT molecular complexity index is 922. The number of nitrogens with zero attached hydrogens (tertiary/aromatic N) is 4. The third kappa shape index (κ3) is 5.03. The number of ether oxygens (including phenoxy) is 1. The highest BCUT2D eigenvalue weighted by Gasteiger charge is 2.18. The van der Waals surface area contributed by atoms with Crippen molar-refractivity contribution >= 4 is 23.5 Å². The number of esters is 1. The van der Waals surface area contributed by atoms with Crippen LogP contribution >= 0.6 is 0 Å². The first-order valence-electron chi connectivity index (χ1n) is 9.01. The number of aromatic nitrogens is 2. The second kappa shape index (κ2) is 9.09. The molecule has 9 nitrogen and oxygen atoms in total. The van der Waals surface area contributed by atoms with E-state index in [4.69, 9.17) is 21.1 Å². The number of oxime groups is 1. The molecule has 0 radical (unpaired) electrons. The van der Waals surface area contributed by atoms with Crippen molar-refractivity contribution in [3.8, 4) is 11.1 Å². The normalized spacial score (nSPS) is 13.8. The summed E-state index contributed by atoms with van der Waals surface area (Å²) in [6.45, 7) is 1.04. The lowest BCUT2D eigenvalue weighted by molar-refractivity contribution is -0.143. The molecule has 0 aliphatic carbocycles. The van der Waals surface area contributed by atoms with Gasteiger partial charge in [-0.05, 0) is 0 Å². The lowest BCUT2D eigenvalue weighted by atomic mass is 10.0. The van der Waals surface area contributed by atoms with Crippen molar-refractivity contribution in [2.75, 3.05) is 18.0 Å². The van der Waals surface area contributed by atoms with E-state index in [1.807, 2.05) is 4.90 Å². The molecule has 0 amide bonds. The van der Waals surface area contributed by atoms with Crippen molar-refractivity contribution in [2.24, 2.45) is 10.9 Å². The molecule has 1 aliphatic heterocycles. The average molecular weight is 400 g/mol. The molecule has 0 unspecified atom stereocenters. The summed E-state index contributed by atoms with van der Waals surface area (Å²) in [5.41, 5.74) is 6.90. The minimum atomic E-state index is -0.689. The Morgan fingerprint density at radius 1 is 1.31 bits per heavy atom. The molecule has 10 heteroatoms. The van der Waals surface area contributed by atoms with Gasteiger partial charge >= 0.3 is 5.97 Å². The third-order valence-corrected chi connectivity index (χ3v) is 4.52. The lowest BCUT2D eigenvalue weighted by Crippen LogP contribution is -2.35. The van der Waals surface area contributed by atoms with Gasteiger partial charge in [0.2, 0.25) is 5.95 Å². The zero-order valence-corrected chi connectivity index (χ0v) is 15.6. The first-order chi connectivity index (χ1) is 14.0. The fraction of sp³-hybridized carbons (Fsp3) is 0.316. The molecule has 0 bridgehead atoms. The van der Waals surface area contributed by atoms with E-state index in [9.17, 15) is 9.18 Å². The van der Waals surface area contributed by atoms with Crippen LogP contribution in [0.15, 0.2) is 35.7 Å². The molecule has 29 heavy (non-hydrogen) atoms. The summed E-state index contributed by atoms with van der Waals surface area (Å²) in [6, 6.07) is 4.77. The molecular weight excluding hydrogens is 379 g/mol. The van der Waals surface area contributed by atoms with Crippen LogP contribution in [0.3, 0.4) is 0 Å².